The Morgan fingerprint density at radius 1 is 1.10 bits per heavy atom. The maximum Gasteiger partial charge on any atom is 0.362 e. The van der Waals surface area contributed by atoms with Gasteiger partial charge in [-0.3, -0.25) is 0 Å². The predicted molar refractivity (Wildman–Crippen MR) is 116 cm³/mol. The second kappa shape index (κ2) is 9.69. The Labute approximate surface area is 188 Å². The lowest BCUT2D eigenvalue weighted by Crippen LogP contribution is -2.13. The highest BCUT2D eigenvalue weighted by atomic mass is 35.5. The Kier molecular flexibility index (Phi) is 7.23. The minimum atomic E-state index is -1.65. The summed E-state index contributed by atoms with van der Waals surface area (Å²) >= 11 is 18.4. The SMILES string of the molecule is CCOC(=O)c1nn(-c2ccc(Cl)cc2Cl)c(-c2ccc(Cl)cc2)c1OC(F)CC. The zero-order valence-electron chi connectivity index (χ0n) is 16.2. The van der Waals surface area contributed by atoms with Crippen molar-refractivity contribution in [3.05, 3.63) is 63.2 Å². The molecule has 1 atom stereocenters. The highest BCUT2D eigenvalue weighted by Crippen LogP contribution is 2.39. The molecule has 0 saturated carbocycles. The van der Waals surface area contributed by atoms with Crippen LogP contribution in [0.15, 0.2) is 42.5 Å². The Morgan fingerprint density at radius 2 is 1.77 bits per heavy atom. The lowest BCUT2D eigenvalue weighted by molar-refractivity contribution is 0.0471. The molecular formula is C21H18Cl3FN2O3. The summed E-state index contributed by atoms with van der Waals surface area (Å²) in [5.74, 6) is -0.786. The molecule has 1 unspecified atom stereocenters. The van der Waals surface area contributed by atoms with Crippen molar-refractivity contribution in [3.63, 3.8) is 0 Å². The zero-order chi connectivity index (χ0) is 21.8. The summed E-state index contributed by atoms with van der Waals surface area (Å²) in [6, 6.07) is 11.6. The fourth-order valence-electron chi connectivity index (χ4n) is 2.75. The van der Waals surface area contributed by atoms with E-state index in [2.05, 4.69) is 5.10 Å². The zero-order valence-corrected chi connectivity index (χ0v) is 18.4. The number of hydrogen-bond donors (Lipinski definition) is 0. The van der Waals surface area contributed by atoms with E-state index in [9.17, 15) is 9.18 Å². The molecule has 158 valence electrons. The minimum absolute atomic E-state index is 0.0452. The number of aromatic nitrogens is 2. The first kappa shape index (κ1) is 22.4. The molecule has 0 bridgehead atoms. The Bertz CT molecular complexity index is 1050. The van der Waals surface area contributed by atoms with Gasteiger partial charge < -0.3 is 9.47 Å². The summed E-state index contributed by atoms with van der Waals surface area (Å²) < 4.78 is 26.3. The average Bonchev–Trinajstić information content (AvgIpc) is 3.07. The molecule has 0 N–H and O–H groups in total. The summed E-state index contributed by atoms with van der Waals surface area (Å²) in [5, 5.41) is 5.60. The quantitative estimate of drug-likeness (QED) is 0.357. The number of benzene rings is 2. The van der Waals surface area contributed by atoms with Crippen LogP contribution in [0.5, 0.6) is 5.75 Å². The molecule has 0 aliphatic heterocycles. The van der Waals surface area contributed by atoms with Crippen LogP contribution in [0.3, 0.4) is 0 Å². The van der Waals surface area contributed by atoms with Crippen LogP contribution in [0.25, 0.3) is 16.9 Å². The van der Waals surface area contributed by atoms with Gasteiger partial charge in [-0.2, -0.15) is 5.10 Å². The molecule has 0 amide bonds. The number of hydrogen-bond acceptors (Lipinski definition) is 4. The van der Waals surface area contributed by atoms with Crippen LogP contribution in [0, 0.1) is 0 Å². The number of nitrogens with zero attached hydrogens (tertiary/aromatic N) is 2. The predicted octanol–water partition coefficient (Wildman–Crippen LogP) is 6.76. The first-order chi connectivity index (χ1) is 14.3. The summed E-state index contributed by atoms with van der Waals surface area (Å²) in [6.07, 6.45) is -1.57. The lowest BCUT2D eigenvalue weighted by Gasteiger charge is -2.14. The number of halogens is 4. The van der Waals surface area contributed by atoms with Gasteiger partial charge in [0.15, 0.2) is 5.75 Å². The molecule has 0 fully saturated rings. The normalized spacial score (nSPS) is 11.9. The Hall–Kier alpha value is -2.28. The van der Waals surface area contributed by atoms with Crippen LogP contribution in [0.1, 0.15) is 30.8 Å². The third-order valence-corrected chi connectivity index (χ3v) is 4.92. The molecule has 5 nitrogen and oxygen atoms in total. The summed E-state index contributed by atoms with van der Waals surface area (Å²) in [5.41, 5.74) is 1.18. The van der Waals surface area contributed by atoms with Gasteiger partial charge in [-0.25, -0.2) is 13.9 Å². The highest BCUT2D eigenvalue weighted by molar-refractivity contribution is 6.35. The second-order valence-electron chi connectivity index (χ2n) is 6.20. The molecule has 30 heavy (non-hydrogen) atoms. The van der Waals surface area contributed by atoms with Gasteiger partial charge in [-0.1, -0.05) is 53.9 Å². The van der Waals surface area contributed by atoms with Crippen molar-refractivity contribution in [2.24, 2.45) is 0 Å². The van der Waals surface area contributed by atoms with E-state index in [0.717, 1.165) is 0 Å². The fourth-order valence-corrected chi connectivity index (χ4v) is 3.36. The van der Waals surface area contributed by atoms with Gasteiger partial charge in [-0.05, 0) is 37.3 Å². The van der Waals surface area contributed by atoms with Crippen molar-refractivity contribution >= 4 is 40.8 Å². The molecule has 1 aromatic heterocycles. The van der Waals surface area contributed by atoms with Crippen LogP contribution in [-0.2, 0) is 4.74 Å². The fraction of sp³-hybridized carbons (Fsp3) is 0.238. The molecule has 0 aliphatic rings. The monoisotopic (exact) mass is 470 g/mol. The number of ether oxygens (including phenoxy) is 2. The van der Waals surface area contributed by atoms with Gasteiger partial charge in [0.2, 0.25) is 12.1 Å². The number of carbonyl (C=O) groups is 1. The third kappa shape index (κ3) is 4.72. The highest BCUT2D eigenvalue weighted by Gasteiger charge is 2.29. The summed E-state index contributed by atoms with van der Waals surface area (Å²) in [7, 11) is 0. The Morgan fingerprint density at radius 3 is 2.37 bits per heavy atom. The summed E-state index contributed by atoms with van der Waals surface area (Å²) in [4.78, 5) is 12.6. The maximum atomic E-state index is 14.3. The van der Waals surface area contributed by atoms with E-state index in [1.165, 1.54) is 4.68 Å². The van der Waals surface area contributed by atoms with Crippen molar-refractivity contribution in [3.8, 4) is 22.7 Å². The van der Waals surface area contributed by atoms with E-state index in [-0.39, 0.29) is 29.5 Å². The van der Waals surface area contributed by atoms with Crippen molar-refractivity contribution in [1.82, 2.24) is 9.78 Å². The molecule has 1 heterocycles. The third-order valence-electron chi connectivity index (χ3n) is 4.13. The van der Waals surface area contributed by atoms with Crippen molar-refractivity contribution in [2.45, 2.75) is 26.6 Å². The molecular weight excluding hydrogens is 454 g/mol. The topological polar surface area (TPSA) is 53.3 Å². The molecule has 9 heteroatoms. The molecule has 3 aromatic rings. The van der Waals surface area contributed by atoms with E-state index in [1.807, 2.05) is 0 Å². The molecule has 0 spiro atoms. The van der Waals surface area contributed by atoms with E-state index in [4.69, 9.17) is 44.3 Å². The molecule has 2 aromatic carbocycles. The van der Waals surface area contributed by atoms with Crippen LogP contribution >= 0.6 is 34.8 Å². The standard InChI is InChI=1S/C21H18Cl3FN2O3/c1-3-17(25)30-20-18(21(28)29-4-2)26-27(16-10-9-14(23)11-15(16)24)19(20)12-5-7-13(22)8-6-12/h5-11,17H,3-4H2,1-2H3. The van der Waals surface area contributed by atoms with E-state index in [1.54, 1.807) is 56.3 Å². The van der Waals surface area contributed by atoms with Crippen molar-refractivity contribution in [1.29, 1.82) is 0 Å². The maximum absolute atomic E-state index is 14.3. The smallest absolute Gasteiger partial charge is 0.362 e. The average molecular weight is 472 g/mol. The van der Waals surface area contributed by atoms with Gasteiger partial charge in [-0.15, -0.1) is 0 Å². The molecule has 3 rings (SSSR count). The molecule has 0 radical (unpaired) electrons. The van der Waals surface area contributed by atoms with Gasteiger partial charge >= 0.3 is 5.97 Å². The van der Waals surface area contributed by atoms with E-state index < -0.39 is 12.3 Å². The molecule has 0 saturated heterocycles. The number of rotatable bonds is 7. The van der Waals surface area contributed by atoms with Gasteiger partial charge in [0.25, 0.3) is 0 Å². The number of esters is 1. The Balaban J connectivity index is 2.32. The van der Waals surface area contributed by atoms with Crippen LogP contribution < -0.4 is 4.74 Å². The number of carbonyl (C=O) groups excluding carboxylic acids is 1. The van der Waals surface area contributed by atoms with Gasteiger partial charge in [0.1, 0.15) is 5.69 Å². The van der Waals surface area contributed by atoms with Gasteiger partial charge in [0.05, 0.1) is 17.3 Å². The minimum Gasteiger partial charge on any atom is -0.461 e. The largest absolute Gasteiger partial charge is 0.461 e. The van der Waals surface area contributed by atoms with E-state index in [0.29, 0.717) is 27.0 Å². The second-order valence-corrected chi connectivity index (χ2v) is 7.48. The molecule has 0 aliphatic carbocycles. The van der Waals surface area contributed by atoms with Gasteiger partial charge in [0, 0.05) is 22.0 Å². The van der Waals surface area contributed by atoms with Crippen LogP contribution in [0.2, 0.25) is 15.1 Å². The van der Waals surface area contributed by atoms with Crippen LogP contribution in [-0.4, -0.2) is 28.7 Å². The van der Waals surface area contributed by atoms with Crippen molar-refractivity contribution < 1.29 is 18.7 Å². The number of alkyl halides is 1. The van der Waals surface area contributed by atoms with Crippen LogP contribution in [0.4, 0.5) is 4.39 Å². The van der Waals surface area contributed by atoms with Crippen molar-refractivity contribution in [2.75, 3.05) is 6.61 Å². The first-order valence-electron chi connectivity index (χ1n) is 9.17. The first-order valence-corrected chi connectivity index (χ1v) is 10.3. The summed E-state index contributed by atoms with van der Waals surface area (Å²) in [6.45, 7) is 3.41. The van der Waals surface area contributed by atoms with E-state index >= 15 is 0 Å². The lowest BCUT2D eigenvalue weighted by atomic mass is 10.1.